The largest absolute Gasteiger partial charge is 0.367 e. The van der Waals surface area contributed by atoms with E-state index >= 15 is 0 Å². The first kappa shape index (κ1) is 12.3. The Morgan fingerprint density at radius 3 is 2.06 bits per heavy atom. The first-order valence-corrected chi connectivity index (χ1v) is 6.47. The van der Waals surface area contributed by atoms with Gasteiger partial charge in [-0.15, -0.1) is 0 Å². The van der Waals surface area contributed by atoms with Crippen LogP contribution in [0.25, 0.3) is 0 Å². The molecule has 1 aliphatic carbocycles. The van der Waals surface area contributed by atoms with E-state index in [4.69, 9.17) is 10.5 Å². The number of hydrogen-bond donors (Lipinski definition) is 1. The molecule has 0 aromatic rings. The summed E-state index contributed by atoms with van der Waals surface area (Å²) < 4.78 is 6.11. The SMILES string of the molecule is CC1(C)CN(C2CCC2CN)CC(C)(C)O1. The average Bonchev–Trinajstić information content (AvgIpc) is 1.95. The minimum absolute atomic E-state index is 0.0313. The van der Waals surface area contributed by atoms with E-state index in [-0.39, 0.29) is 11.2 Å². The van der Waals surface area contributed by atoms with Gasteiger partial charge in [-0.3, -0.25) is 4.90 Å². The van der Waals surface area contributed by atoms with Gasteiger partial charge in [-0.05, 0) is 53.0 Å². The van der Waals surface area contributed by atoms with Crippen molar-refractivity contribution in [2.75, 3.05) is 19.6 Å². The van der Waals surface area contributed by atoms with Gasteiger partial charge in [0.2, 0.25) is 0 Å². The molecule has 94 valence electrons. The Morgan fingerprint density at radius 2 is 1.69 bits per heavy atom. The van der Waals surface area contributed by atoms with E-state index in [1.165, 1.54) is 12.8 Å². The van der Waals surface area contributed by atoms with Crippen LogP contribution < -0.4 is 5.73 Å². The second kappa shape index (κ2) is 3.97. The topological polar surface area (TPSA) is 38.5 Å². The lowest BCUT2D eigenvalue weighted by molar-refractivity contribution is -0.196. The Balaban J connectivity index is 2.05. The van der Waals surface area contributed by atoms with E-state index < -0.39 is 0 Å². The number of hydrogen-bond acceptors (Lipinski definition) is 3. The molecule has 2 rings (SSSR count). The van der Waals surface area contributed by atoms with Crippen LogP contribution in [0, 0.1) is 5.92 Å². The first-order chi connectivity index (χ1) is 7.33. The zero-order valence-electron chi connectivity index (χ0n) is 11.1. The van der Waals surface area contributed by atoms with Crippen LogP contribution in [0.4, 0.5) is 0 Å². The predicted octanol–water partition coefficient (Wildman–Crippen LogP) is 1.61. The molecule has 3 heteroatoms. The van der Waals surface area contributed by atoms with Crippen LogP contribution in [0.5, 0.6) is 0 Å². The molecule has 0 aromatic heterocycles. The molecule has 2 aliphatic rings. The van der Waals surface area contributed by atoms with Gasteiger partial charge in [0, 0.05) is 19.1 Å². The highest BCUT2D eigenvalue weighted by Gasteiger charge is 2.44. The van der Waals surface area contributed by atoms with Crippen molar-refractivity contribution in [3.63, 3.8) is 0 Å². The van der Waals surface area contributed by atoms with Crippen molar-refractivity contribution >= 4 is 0 Å². The summed E-state index contributed by atoms with van der Waals surface area (Å²) in [5, 5.41) is 0. The molecule has 2 atom stereocenters. The number of nitrogens with two attached hydrogens (primary N) is 1. The maximum absolute atomic E-state index is 6.11. The van der Waals surface area contributed by atoms with Crippen LogP contribution in [0.15, 0.2) is 0 Å². The highest BCUT2D eigenvalue weighted by Crippen LogP contribution is 2.37. The van der Waals surface area contributed by atoms with Gasteiger partial charge in [-0.25, -0.2) is 0 Å². The predicted molar refractivity (Wildman–Crippen MR) is 66.4 cm³/mol. The summed E-state index contributed by atoms with van der Waals surface area (Å²) in [6.07, 6.45) is 2.62. The van der Waals surface area contributed by atoms with E-state index in [9.17, 15) is 0 Å². The Hall–Kier alpha value is -0.120. The lowest BCUT2D eigenvalue weighted by atomic mass is 9.77. The van der Waals surface area contributed by atoms with E-state index in [0.29, 0.717) is 12.0 Å². The molecule has 0 radical (unpaired) electrons. The van der Waals surface area contributed by atoms with Gasteiger partial charge in [0.05, 0.1) is 11.2 Å². The fraction of sp³-hybridized carbons (Fsp3) is 1.00. The molecule has 0 amide bonds. The molecule has 0 spiro atoms. The van der Waals surface area contributed by atoms with Crippen LogP contribution in [0.2, 0.25) is 0 Å². The Labute approximate surface area is 99.3 Å². The van der Waals surface area contributed by atoms with Crippen LogP contribution in [-0.4, -0.2) is 41.8 Å². The van der Waals surface area contributed by atoms with Crippen LogP contribution in [0.3, 0.4) is 0 Å². The van der Waals surface area contributed by atoms with Gasteiger partial charge in [-0.2, -0.15) is 0 Å². The number of nitrogens with zero attached hydrogens (tertiary/aromatic N) is 1. The quantitative estimate of drug-likeness (QED) is 0.777. The Kier molecular flexibility index (Phi) is 3.06. The highest BCUT2D eigenvalue weighted by molar-refractivity contribution is 4.97. The molecule has 0 aromatic carbocycles. The van der Waals surface area contributed by atoms with Gasteiger partial charge in [0.25, 0.3) is 0 Å². The summed E-state index contributed by atoms with van der Waals surface area (Å²) in [6.45, 7) is 11.7. The van der Waals surface area contributed by atoms with Gasteiger partial charge >= 0.3 is 0 Å². The maximum atomic E-state index is 6.11. The molecule has 2 N–H and O–H groups in total. The van der Waals surface area contributed by atoms with Crippen LogP contribution in [0.1, 0.15) is 40.5 Å². The van der Waals surface area contributed by atoms with Crippen molar-refractivity contribution < 1.29 is 4.74 Å². The van der Waals surface area contributed by atoms with Crippen molar-refractivity contribution in [1.82, 2.24) is 4.90 Å². The third-order valence-electron chi connectivity index (χ3n) is 3.87. The molecule has 2 fully saturated rings. The minimum Gasteiger partial charge on any atom is -0.367 e. The van der Waals surface area contributed by atoms with Crippen molar-refractivity contribution in [3.8, 4) is 0 Å². The lowest BCUT2D eigenvalue weighted by Gasteiger charge is -2.54. The Morgan fingerprint density at radius 1 is 1.12 bits per heavy atom. The standard InChI is InChI=1S/C13H26N2O/c1-12(2)8-15(9-13(3,4)16-12)11-6-5-10(11)7-14/h10-11H,5-9,14H2,1-4H3. The third-order valence-corrected chi connectivity index (χ3v) is 3.87. The smallest absolute Gasteiger partial charge is 0.0760 e. The van der Waals surface area contributed by atoms with Gasteiger partial charge in [-0.1, -0.05) is 0 Å². The molecule has 1 saturated carbocycles. The summed E-state index contributed by atoms with van der Waals surface area (Å²) in [7, 11) is 0. The fourth-order valence-corrected chi connectivity index (χ4v) is 3.39. The second-order valence-corrected chi connectivity index (χ2v) is 6.67. The van der Waals surface area contributed by atoms with Crippen LogP contribution >= 0.6 is 0 Å². The zero-order chi connectivity index (χ0) is 12.0. The molecule has 3 nitrogen and oxygen atoms in total. The number of rotatable bonds is 2. The van der Waals surface area contributed by atoms with Crippen molar-refractivity contribution in [1.29, 1.82) is 0 Å². The monoisotopic (exact) mass is 226 g/mol. The van der Waals surface area contributed by atoms with E-state index in [0.717, 1.165) is 19.6 Å². The molecule has 1 heterocycles. The summed E-state index contributed by atoms with van der Waals surface area (Å²) in [5.74, 6) is 0.713. The summed E-state index contributed by atoms with van der Waals surface area (Å²) >= 11 is 0. The van der Waals surface area contributed by atoms with Crippen molar-refractivity contribution in [3.05, 3.63) is 0 Å². The van der Waals surface area contributed by atoms with E-state index in [1.54, 1.807) is 0 Å². The van der Waals surface area contributed by atoms with Crippen molar-refractivity contribution in [2.45, 2.75) is 57.8 Å². The Bertz CT molecular complexity index is 245. The third kappa shape index (κ3) is 2.41. The van der Waals surface area contributed by atoms with E-state index in [1.807, 2.05) is 0 Å². The van der Waals surface area contributed by atoms with E-state index in [2.05, 4.69) is 32.6 Å². The zero-order valence-corrected chi connectivity index (χ0v) is 11.1. The van der Waals surface area contributed by atoms with Gasteiger partial charge < -0.3 is 10.5 Å². The minimum atomic E-state index is -0.0313. The number of morpholine rings is 1. The van der Waals surface area contributed by atoms with Crippen LogP contribution in [-0.2, 0) is 4.74 Å². The molecule has 0 bridgehead atoms. The highest BCUT2D eigenvalue weighted by atomic mass is 16.5. The molecule has 16 heavy (non-hydrogen) atoms. The van der Waals surface area contributed by atoms with Gasteiger partial charge in [0.15, 0.2) is 0 Å². The van der Waals surface area contributed by atoms with Crippen molar-refractivity contribution in [2.24, 2.45) is 11.7 Å². The fourth-order valence-electron chi connectivity index (χ4n) is 3.39. The molecular weight excluding hydrogens is 200 g/mol. The van der Waals surface area contributed by atoms with Gasteiger partial charge in [0.1, 0.15) is 0 Å². The molecular formula is C13H26N2O. The summed E-state index contributed by atoms with van der Waals surface area (Å²) in [6, 6.07) is 0.701. The second-order valence-electron chi connectivity index (χ2n) is 6.67. The average molecular weight is 226 g/mol. The summed E-state index contributed by atoms with van der Waals surface area (Å²) in [5.41, 5.74) is 5.75. The number of ether oxygens (including phenoxy) is 1. The first-order valence-electron chi connectivity index (χ1n) is 6.47. The normalized spacial score (nSPS) is 38.1. The summed E-state index contributed by atoms with van der Waals surface area (Å²) in [4.78, 5) is 2.60. The molecule has 1 aliphatic heterocycles. The molecule has 2 unspecified atom stereocenters. The lowest BCUT2D eigenvalue weighted by Crippen LogP contribution is -2.63. The maximum Gasteiger partial charge on any atom is 0.0760 e. The molecule has 1 saturated heterocycles.